The molecule has 0 saturated carbocycles. The number of nitrogens with two attached hydrogens (primary N) is 1. The molecule has 0 aliphatic heterocycles. The van der Waals surface area contributed by atoms with Crippen LogP contribution in [0, 0.1) is 0 Å². The van der Waals surface area contributed by atoms with E-state index in [1.807, 2.05) is 0 Å². The lowest BCUT2D eigenvalue weighted by atomic mass is 9.87. The lowest BCUT2D eigenvalue weighted by Gasteiger charge is -2.26. The highest BCUT2D eigenvalue weighted by molar-refractivity contribution is 5.76. The topological polar surface area (TPSA) is 55.1 Å². The molecule has 0 fully saturated rings. The first-order chi connectivity index (χ1) is 9.81. The molecule has 1 amide bonds. The van der Waals surface area contributed by atoms with Gasteiger partial charge in [0.05, 0.1) is 6.04 Å². The standard InChI is InChI=1S/C17H26N2O/c18-13-6-2-1-3-12-17(20)19-16-11-7-9-14-8-4-5-10-15(14)16/h4-5,8,10,16H,1-3,6-7,9,11-13,18H2,(H,19,20). The Hall–Kier alpha value is -1.35. The SMILES string of the molecule is NCCCCCCC(=O)NC1CCCc2ccccc21. The zero-order chi connectivity index (χ0) is 14.2. The Balaban J connectivity index is 1.78. The third-order valence-corrected chi connectivity index (χ3v) is 4.06. The van der Waals surface area contributed by atoms with Gasteiger partial charge in [-0.1, -0.05) is 37.1 Å². The minimum absolute atomic E-state index is 0.194. The van der Waals surface area contributed by atoms with Crippen LogP contribution in [0.4, 0.5) is 0 Å². The van der Waals surface area contributed by atoms with Crippen molar-refractivity contribution in [1.29, 1.82) is 0 Å². The Kier molecular flexibility index (Phi) is 6.06. The van der Waals surface area contributed by atoms with E-state index in [1.165, 1.54) is 17.5 Å². The molecule has 0 radical (unpaired) electrons. The molecular weight excluding hydrogens is 248 g/mol. The summed E-state index contributed by atoms with van der Waals surface area (Å²) in [6.45, 7) is 0.755. The van der Waals surface area contributed by atoms with Crippen LogP contribution in [0.25, 0.3) is 0 Å². The van der Waals surface area contributed by atoms with Gasteiger partial charge in [0, 0.05) is 6.42 Å². The van der Waals surface area contributed by atoms with Crippen molar-refractivity contribution >= 4 is 5.91 Å². The van der Waals surface area contributed by atoms with Crippen LogP contribution in [-0.4, -0.2) is 12.5 Å². The Morgan fingerprint density at radius 2 is 2.00 bits per heavy atom. The average Bonchev–Trinajstić information content (AvgIpc) is 2.47. The van der Waals surface area contributed by atoms with E-state index in [2.05, 4.69) is 29.6 Å². The van der Waals surface area contributed by atoms with E-state index in [0.29, 0.717) is 6.42 Å². The highest BCUT2D eigenvalue weighted by Gasteiger charge is 2.20. The quantitative estimate of drug-likeness (QED) is 0.751. The molecule has 3 nitrogen and oxygen atoms in total. The third kappa shape index (κ3) is 4.34. The van der Waals surface area contributed by atoms with Gasteiger partial charge in [0.25, 0.3) is 0 Å². The predicted molar refractivity (Wildman–Crippen MR) is 82.4 cm³/mol. The molecule has 20 heavy (non-hydrogen) atoms. The Morgan fingerprint density at radius 3 is 2.85 bits per heavy atom. The van der Waals surface area contributed by atoms with Gasteiger partial charge >= 0.3 is 0 Å². The third-order valence-electron chi connectivity index (χ3n) is 4.06. The van der Waals surface area contributed by atoms with E-state index < -0.39 is 0 Å². The average molecular weight is 274 g/mol. The smallest absolute Gasteiger partial charge is 0.220 e. The van der Waals surface area contributed by atoms with E-state index in [9.17, 15) is 4.79 Å². The van der Waals surface area contributed by atoms with Crippen LogP contribution in [0.2, 0.25) is 0 Å². The molecule has 1 atom stereocenters. The van der Waals surface area contributed by atoms with Gasteiger partial charge in [-0.25, -0.2) is 0 Å². The van der Waals surface area contributed by atoms with Crippen LogP contribution in [0.3, 0.4) is 0 Å². The summed E-state index contributed by atoms with van der Waals surface area (Å²) in [6, 6.07) is 8.70. The second-order valence-corrected chi connectivity index (χ2v) is 5.66. The van der Waals surface area contributed by atoms with Crippen molar-refractivity contribution in [1.82, 2.24) is 5.32 Å². The van der Waals surface area contributed by atoms with Crippen molar-refractivity contribution in [3.63, 3.8) is 0 Å². The Bertz CT molecular complexity index is 431. The van der Waals surface area contributed by atoms with Gasteiger partial charge in [-0.05, 0) is 49.8 Å². The van der Waals surface area contributed by atoms with Crippen molar-refractivity contribution in [3.05, 3.63) is 35.4 Å². The summed E-state index contributed by atoms with van der Waals surface area (Å²) in [5.41, 5.74) is 8.17. The predicted octanol–water partition coefficient (Wildman–Crippen LogP) is 3.09. The first-order valence-electron chi connectivity index (χ1n) is 7.88. The van der Waals surface area contributed by atoms with Crippen LogP contribution in [0.1, 0.15) is 62.1 Å². The van der Waals surface area contributed by atoms with Crippen LogP contribution in [-0.2, 0) is 11.2 Å². The van der Waals surface area contributed by atoms with Gasteiger partial charge < -0.3 is 11.1 Å². The molecule has 2 rings (SSSR count). The number of amides is 1. The molecule has 3 heteroatoms. The van der Waals surface area contributed by atoms with Crippen molar-refractivity contribution in [3.8, 4) is 0 Å². The zero-order valence-corrected chi connectivity index (χ0v) is 12.2. The summed E-state index contributed by atoms with van der Waals surface area (Å²) in [7, 11) is 0. The van der Waals surface area contributed by atoms with E-state index in [-0.39, 0.29) is 11.9 Å². The Morgan fingerprint density at radius 1 is 1.20 bits per heavy atom. The van der Waals surface area contributed by atoms with Crippen molar-refractivity contribution in [2.45, 2.75) is 57.4 Å². The summed E-state index contributed by atoms with van der Waals surface area (Å²) in [4.78, 5) is 12.0. The number of nitrogens with one attached hydrogen (secondary N) is 1. The van der Waals surface area contributed by atoms with Crippen LogP contribution >= 0.6 is 0 Å². The number of hydrogen-bond acceptors (Lipinski definition) is 2. The van der Waals surface area contributed by atoms with Crippen LogP contribution in [0.5, 0.6) is 0 Å². The summed E-state index contributed by atoms with van der Waals surface area (Å²) in [5, 5.41) is 3.20. The Labute approximate surface area is 121 Å². The highest BCUT2D eigenvalue weighted by Crippen LogP contribution is 2.29. The van der Waals surface area contributed by atoms with Gasteiger partial charge in [0.2, 0.25) is 5.91 Å². The number of unbranched alkanes of at least 4 members (excludes halogenated alkanes) is 3. The maximum Gasteiger partial charge on any atom is 0.220 e. The maximum absolute atomic E-state index is 12.0. The molecule has 0 saturated heterocycles. The lowest BCUT2D eigenvalue weighted by molar-refractivity contribution is -0.122. The molecule has 0 spiro atoms. The van der Waals surface area contributed by atoms with E-state index in [4.69, 9.17) is 5.73 Å². The number of rotatable bonds is 7. The van der Waals surface area contributed by atoms with Crippen molar-refractivity contribution in [2.24, 2.45) is 5.73 Å². The van der Waals surface area contributed by atoms with Crippen LogP contribution in [0.15, 0.2) is 24.3 Å². The molecule has 1 aliphatic carbocycles. The molecule has 1 aromatic rings. The second kappa shape index (κ2) is 8.05. The largest absolute Gasteiger partial charge is 0.349 e. The molecule has 110 valence electrons. The number of carbonyl (C=O) groups is 1. The molecule has 0 aromatic heterocycles. The molecule has 1 aromatic carbocycles. The number of fused-ring (bicyclic) bond motifs is 1. The summed E-state index contributed by atoms with van der Waals surface area (Å²) in [6.07, 6.45) is 8.29. The molecule has 0 heterocycles. The lowest BCUT2D eigenvalue weighted by Crippen LogP contribution is -2.30. The first kappa shape index (κ1) is 15.0. The molecule has 1 aliphatic rings. The monoisotopic (exact) mass is 274 g/mol. The fraction of sp³-hybridized carbons (Fsp3) is 0.588. The van der Waals surface area contributed by atoms with E-state index in [0.717, 1.165) is 45.1 Å². The number of benzene rings is 1. The number of aryl methyl sites for hydroxylation is 1. The maximum atomic E-state index is 12.0. The first-order valence-corrected chi connectivity index (χ1v) is 7.88. The fourth-order valence-corrected chi connectivity index (χ4v) is 2.95. The van der Waals surface area contributed by atoms with E-state index >= 15 is 0 Å². The fourth-order valence-electron chi connectivity index (χ4n) is 2.95. The van der Waals surface area contributed by atoms with Crippen LogP contribution < -0.4 is 11.1 Å². The minimum Gasteiger partial charge on any atom is -0.349 e. The minimum atomic E-state index is 0.194. The molecular formula is C17H26N2O. The normalized spacial score (nSPS) is 17.6. The summed E-state index contributed by atoms with van der Waals surface area (Å²) < 4.78 is 0. The van der Waals surface area contributed by atoms with Gasteiger partial charge in [0.1, 0.15) is 0 Å². The number of hydrogen-bond donors (Lipinski definition) is 2. The second-order valence-electron chi connectivity index (χ2n) is 5.66. The van der Waals surface area contributed by atoms with Gasteiger partial charge in [-0.2, -0.15) is 0 Å². The summed E-state index contributed by atoms with van der Waals surface area (Å²) >= 11 is 0. The van der Waals surface area contributed by atoms with Gasteiger partial charge in [-0.3, -0.25) is 4.79 Å². The number of carbonyl (C=O) groups excluding carboxylic acids is 1. The van der Waals surface area contributed by atoms with Gasteiger partial charge in [0.15, 0.2) is 0 Å². The van der Waals surface area contributed by atoms with Crippen molar-refractivity contribution < 1.29 is 4.79 Å². The highest BCUT2D eigenvalue weighted by atomic mass is 16.1. The van der Waals surface area contributed by atoms with Gasteiger partial charge in [-0.15, -0.1) is 0 Å². The molecule has 0 bridgehead atoms. The molecule has 1 unspecified atom stereocenters. The zero-order valence-electron chi connectivity index (χ0n) is 12.2. The van der Waals surface area contributed by atoms with E-state index in [1.54, 1.807) is 0 Å². The van der Waals surface area contributed by atoms with Crippen molar-refractivity contribution in [2.75, 3.05) is 6.54 Å². The summed E-state index contributed by atoms with van der Waals surface area (Å²) in [5.74, 6) is 0.194. The molecule has 3 N–H and O–H groups in total.